The summed E-state index contributed by atoms with van der Waals surface area (Å²) in [5.41, 5.74) is 2.81. The normalized spacial score (nSPS) is 13.7. The van der Waals surface area contributed by atoms with Crippen molar-refractivity contribution >= 4 is 29.6 Å². The van der Waals surface area contributed by atoms with Gasteiger partial charge >= 0.3 is 6.09 Å². The maximum atomic E-state index is 14.4. The highest BCUT2D eigenvalue weighted by Gasteiger charge is 2.33. The van der Waals surface area contributed by atoms with Crippen molar-refractivity contribution in [3.8, 4) is 12.3 Å². The maximum Gasteiger partial charge on any atom is 0.407 e. The summed E-state index contributed by atoms with van der Waals surface area (Å²) in [4.78, 5) is 68.4. The van der Waals surface area contributed by atoms with Crippen molar-refractivity contribution in [2.75, 3.05) is 6.54 Å². The van der Waals surface area contributed by atoms with E-state index in [1.807, 2.05) is 92.7 Å². The van der Waals surface area contributed by atoms with Gasteiger partial charge in [0.2, 0.25) is 17.7 Å². The van der Waals surface area contributed by atoms with Crippen LogP contribution in [0.3, 0.4) is 0 Å². The molecular formula is C52H64N4O7. The van der Waals surface area contributed by atoms with Crippen LogP contribution in [0.1, 0.15) is 99.3 Å². The smallest absolute Gasteiger partial charge is 0.407 e. The predicted molar refractivity (Wildman–Crippen MR) is 247 cm³/mol. The highest BCUT2D eigenvalue weighted by molar-refractivity contribution is 6.09. The molecule has 0 aliphatic carbocycles. The Morgan fingerprint density at radius 3 is 1.76 bits per heavy atom. The van der Waals surface area contributed by atoms with E-state index < -0.39 is 59.6 Å². The minimum atomic E-state index is -1.19. The number of hydrogen-bond donors (Lipinski definition) is 5. The number of carbonyl (C=O) groups excluding carboxylic acids is 5. The molecule has 0 spiro atoms. The number of amides is 4. The average molecular weight is 857 g/mol. The van der Waals surface area contributed by atoms with Gasteiger partial charge in [0.1, 0.15) is 11.6 Å². The van der Waals surface area contributed by atoms with Gasteiger partial charge < -0.3 is 25.8 Å². The molecule has 5 N–H and O–H groups in total. The topological polar surface area (TPSA) is 163 Å². The number of terminal acetylenes is 1. The second-order valence-corrected chi connectivity index (χ2v) is 17.4. The quantitative estimate of drug-likeness (QED) is 0.0299. The zero-order chi connectivity index (χ0) is 45.8. The molecule has 0 bridgehead atoms. The molecule has 0 saturated heterocycles. The molecule has 0 unspecified atom stereocenters. The van der Waals surface area contributed by atoms with Crippen LogP contribution in [-0.2, 0) is 38.4 Å². The third-order valence-electron chi connectivity index (χ3n) is 10.4. The summed E-state index contributed by atoms with van der Waals surface area (Å²) in [6.07, 6.45) is 6.57. The molecule has 334 valence electrons. The van der Waals surface area contributed by atoms with Gasteiger partial charge in [-0.2, -0.15) is 0 Å². The molecule has 11 nitrogen and oxygen atoms in total. The Morgan fingerprint density at radius 2 is 1.19 bits per heavy atom. The Balaban J connectivity index is 1.53. The van der Waals surface area contributed by atoms with Gasteiger partial charge in [-0.15, -0.1) is 12.3 Å². The monoisotopic (exact) mass is 856 g/mol. The number of ketones is 1. The van der Waals surface area contributed by atoms with E-state index in [-0.39, 0.29) is 43.8 Å². The number of alkyl carbamates (subject to hydrolysis) is 1. The van der Waals surface area contributed by atoms with Crippen LogP contribution in [0.4, 0.5) is 4.79 Å². The van der Waals surface area contributed by atoms with Crippen molar-refractivity contribution in [1.29, 1.82) is 0 Å². The predicted octanol–water partition coefficient (Wildman–Crippen LogP) is 7.14. The van der Waals surface area contributed by atoms with Crippen LogP contribution in [0.5, 0.6) is 0 Å². The number of benzene rings is 4. The lowest BCUT2D eigenvalue weighted by molar-refractivity contribution is -0.136. The van der Waals surface area contributed by atoms with Crippen molar-refractivity contribution < 1.29 is 33.8 Å². The molecule has 0 radical (unpaired) electrons. The first-order chi connectivity index (χ1) is 30.1. The molecule has 0 aliphatic heterocycles. The zero-order valence-corrected chi connectivity index (χ0v) is 37.3. The van der Waals surface area contributed by atoms with E-state index >= 15 is 0 Å². The summed E-state index contributed by atoms with van der Waals surface area (Å²) in [6, 6.07) is 32.1. The van der Waals surface area contributed by atoms with Crippen LogP contribution in [0, 0.1) is 24.2 Å². The van der Waals surface area contributed by atoms with Gasteiger partial charge in [-0.3, -0.25) is 24.5 Å². The highest BCUT2D eigenvalue weighted by Crippen LogP contribution is 2.21. The number of rotatable bonds is 23. The van der Waals surface area contributed by atoms with Gasteiger partial charge in [-0.25, -0.2) is 4.79 Å². The molecule has 0 aliphatic rings. The van der Waals surface area contributed by atoms with E-state index in [0.29, 0.717) is 30.5 Å². The first-order valence-corrected chi connectivity index (χ1v) is 21.9. The van der Waals surface area contributed by atoms with Gasteiger partial charge in [0, 0.05) is 23.5 Å². The van der Waals surface area contributed by atoms with E-state index in [2.05, 4.69) is 27.2 Å². The number of unbranched alkanes of at least 4 members (excludes halogenated alkanes) is 2. The number of aliphatic hydroxyl groups excluding tert-OH is 1. The fraction of sp³-hybridized carbons (Fsp3) is 0.404. The molecule has 4 aromatic rings. The third kappa shape index (κ3) is 17.7. The van der Waals surface area contributed by atoms with E-state index in [1.165, 1.54) is 0 Å². The first kappa shape index (κ1) is 49.6. The summed E-state index contributed by atoms with van der Waals surface area (Å²) in [6.45, 7) is 9.57. The molecular weight excluding hydrogens is 793 g/mol. The standard InChI is InChI=1S/C52H64N4O7/c1-7-8-9-19-30-53-44(34-39-26-28-41(29-27-39)47(58)40-24-17-12-18-25-40)49(60)56-50(61)45(31-36(2)3)54-48(59)42(32-37-20-13-10-14-21-37)35-46(57)43(33-38-22-15-11-16-23-38)55-51(62)63-52(4,5)6/h1,10-18,20-29,36,42-46,53,57H,8-9,19,30-35H2,2-6H3,(H,54,59)(H,55,62)(H,56,60,61)/t42-,43+,44+,45+,46-/m1/s1. The lowest BCUT2D eigenvalue weighted by Crippen LogP contribution is -2.55. The summed E-state index contributed by atoms with van der Waals surface area (Å²) in [7, 11) is 0. The Hall–Kier alpha value is -6.09. The summed E-state index contributed by atoms with van der Waals surface area (Å²) in [5, 5.41) is 23.4. The molecule has 0 aromatic heterocycles. The largest absolute Gasteiger partial charge is 0.444 e. The number of ether oxygens (including phenoxy) is 1. The number of imide groups is 1. The van der Waals surface area contributed by atoms with Crippen LogP contribution in [-0.4, -0.2) is 71.1 Å². The Morgan fingerprint density at radius 1 is 0.651 bits per heavy atom. The SMILES string of the molecule is C#CCCCCN[C@@H](Cc1ccc(C(=O)c2ccccc2)cc1)C(=O)NC(=O)[C@H](CC(C)C)NC(=O)[C@H](Cc1ccccc1)C[C@@H](O)[C@H](Cc1ccccc1)NC(=O)OC(C)(C)C. The number of aliphatic hydroxyl groups is 1. The summed E-state index contributed by atoms with van der Waals surface area (Å²) < 4.78 is 5.53. The van der Waals surface area contributed by atoms with E-state index in [4.69, 9.17) is 11.2 Å². The minimum Gasteiger partial charge on any atom is -0.444 e. The van der Waals surface area contributed by atoms with Crippen molar-refractivity contribution in [3.63, 3.8) is 0 Å². The molecule has 4 amide bonds. The Labute approximate surface area is 373 Å². The lowest BCUT2D eigenvalue weighted by atomic mass is 9.88. The fourth-order valence-corrected chi connectivity index (χ4v) is 7.21. The van der Waals surface area contributed by atoms with Crippen molar-refractivity contribution in [3.05, 3.63) is 143 Å². The van der Waals surface area contributed by atoms with Crippen LogP contribution in [0.2, 0.25) is 0 Å². The molecule has 4 aromatic carbocycles. The van der Waals surface area contributed by atoms with Gasteiger partial charge in [0.05, 0.1) is 18.2 Å². The zero-order valence-electron chi connectivity index (χ0n) is 37.3. The van der Waals surface area contributed by atoms with Gasteiger partial charge in [-0.1, -0.05) is 129 Å². The minimum absolute atomic E-state index is 0.0372. The number of nitrogens with one attached hydrogen (secondary N) is 4. The average Bonchev–Trinajstić information content (AvgIpc) is 3.25. The molecule has 5 atom stereocenters. The van der Waals surface area contributed by atoms with E-state index in [1.54, 1.807) is 57.2 Å². The van der Waals surface area contributed by atoms with Crippen LogP contribution in [0.25, 0.3) is 0 Å². The fourth-order valence-electron chi connectivity index (χ4n) is 7.21. The van der Waals surface area contributed by atoms with Crippen molar-refractivity contribution in [2.45, 2.75) is 116 Å². The van der Waals surface area contributed by atoms with Crippen LogP contribution >= 0.6 is 0 Å². The molecule has 4 rings (SSSR count). The second-order valence-electron chi connectivity index (χ2n) is 17.4. The first-order valence-electron chi connectivity index (χ1n) is 21.9. The molecule has 11 heteroatoms. The van der Waals surface area contributed by atoms with Crippen LogP contribution < -0.4 is 21.3 Å². The maximum absolute atomic E-state index is 14.4. The van der Waals surface area contributed by atoms with Gasteiger partial charge in [-0.05, 0) is 94.9 Å². The van der Waals surface area contributed by atoms with Gasteiger partial charge in [0.25, 0.3) is 0 Å². The highest BCUT2D eigenvalue weighted by atomic mass is 16.6. The van der Waals surface area contributed by atoms with Crippen molar-refractivity contribution in [1.82, 2.24) is 21.3 Å². The summed E-state index contributed by atoms with van der Waals surface area (Å²) >= 11 is 0. The summed E-state index contributed by atoms with van der Waals surface area (Å²) in [5.74, 6) is -0.0401. The Kier molecular flexibility index (Phi) is 19.8. The molecule has 0 heterocycles. The molecule has 63 heavy (non-hydrogen) atoms. The third-order valence-corrected chi connectivity index (χ3v) is 10.4. The number of carbonyl (C=O) groups is 5. The van der Waals surface area contributed by atoms with Crippen LogP contribution in [0.15, 0.2) is 115 Å². The van der Waals surface area contributed by atoms with E-state index in [9.17, 15) is 29.1 Å². The number of hydrogen-bond acceptors (Lipinski definition) is 8. The molecule has 0 saturated carbocycles. The van der Waals surface area contributed by atoms with Crippen molar-refractivity contribution in [2.24, 2.45) is 11.8 Å². The Bertz CT molecular complexity index is 2100. The second kappa shape index (κ2) is 25.1. The van der Waals surface area contributed by atoms with Gasteiger partial charge in [0.15, 0.2) is 5.78 Å². The van der Waals surface area contributed by atoms with E-state index in [0.717, 1.165) is 23.1 Å². The molecule has 0 fully saturated rings. The lowest BCUT2D eigenvalue weighted by Gasteiger charge is -2.30.